The molecule has 6 nitrogen and oxygen atoms in total. The van der Waals surface area contributed by atoms with Gasteiger partial charge in [0.15, 0.2) is 0 Å². The minimum atomic E-state index is -0.320. The van der Waals surface area contributed by atoms with Crippen LogP contribution in [-0.2, 0) is 4.79 Å². The van der Waals surface area contributed by atoms with E-state index >= 15 is 0 Å². The molecule has 0 unspecified atom stereocenters. The Kier molecular flexibility index (Phi) is 5.92. The average Bonchev–Trinajstić information content (AvgIpc) is 3.25. The zero-order valence-corrected chi connectivity index (χ0v) is 19.5. The number of hydrogen-bond acceptors (Lipinski definition) is 4. The number of hydrogen-bond donors (Lipinski definition) is 1. The Balaban J connectivity index is 1.39. The Hall–Kier alpha value is -3.87. The highest BCUT2D eigenvalue weighted by molar-refractivity contribution is 6.36. The lowest BCUT2D eigenvalue weighted by Gasteiger charge is -2.08. The Bertz CT molecular complexity index is 1570. The number of aromatic nitrogens is 3. The third-order valence-electron chi connectivity index (χ3n) is 5.29. The van der Waals surface area contributed by atoms with Crippen molar-refractivity contribution in [3.63, 3.8) is 0 Å². The molecule has 34 heavy (non-hydrogen) atoms. The van der Waals surface area contributed by atoms with Gasteiger partial charge in [0.05, 0.1) is 17.8 Å². The van der Waals surface area contributed by atoms with Gasteiger partial charge in [-0.1, -0.05) is 59.6 Å². The molecule has 0 aliphatic rings. The Morgan fingerprint density at radius 3 is 2.62 bits per heavy atom. The van der Waals surface area contributed by atoms with E-state index in [-0.39, 0.29) is 5.91 Å². The van der Waals surface area contributed by atoms with E-state index in [4.69, 9.17) is 27.9 Å². The van der Waals surface area contributed by atoms with Crippen LogP contribution in [0.3, 0.4) is 0 Å². The summed E-state index contributed by atoms with van der Waals surface area (Å²) in [6.45, 7) is 0. The van der Waals surface area contributed by atoms with Gasteiger partial charge < -0.3 is 10.1 Å². The number of rotatable bonds is 5. The Morgan fingerprint density at radius 2 is 1.76 bits per heavy atom. The van der Waals surface area contributed by atoms with Crippen LogP contribution < -0.4 is 10.1 Å². The predicted octanol–water partition coefficient (Wildman–Crippen LogP) is 6.54. The number of ether oxygens (including phenoxy) is 1. The fraction of sp³-hybridized carbons (Fsp3) is 0.0385. The highest BCUT2D eigenvalue weighted by Crippen LogP contribution is 2.33. The molecule has 0 fully saturated rings. The maximum absolute atomic E-state index is 12.5. The molecular weight excluding hydrogens is 471 g/mol. The second-order valence-electron chi connectivity index (χ2n) is 7.52. The zero-order chi connectivity index (χ0) is 23.7. The van der Waals surface area contributed by atoms with Crippen LogP contribution in [0.25, 0.3) is 33.6 Å². The number of anilines is 1. The smallest absolute Gasteiger partial charge is 0.248 e. The summed E-state index contributed by atoms with van der Waals surface area (Å²) in [7, 11) is 1.51. The van der Waals surface area contributed by atoms with Gasteiger partial charge in [-0.25, -0.2) is 0 Å². The predicted molar refractivity (Wildman–Crippen MR) is 137 cm³/mol. The number of methoxy groups -OCH3 is 1. The minimum Gasteiger partial charge on any atom is -0.495 e. The van der Waals surface area contributed by atoms with Gasteiger partial charge in [0.1, 0.15) is 16.8 Å². The van der Waals surface area contributed by atoms with Crippen LogP contribution in [0.5, 0.6) is 5.75 Å². The number of fused-ring (bicyclic) bond motifs is 2. The number of carbonyl (C=O) groups excluding carboxylic acids is 1. The molecule has 168 valence electrons. The van der Waals surface area contributed by atoms with Crippen molar-refractivity contribution in [3.8, 4) is 11.4 Å². The molecule has 1 amide bonds. The quantitative estimate of drug-likeness (QED) is 0.285. The third kappa shape index (κ3) is 4.33. The van der Waals surface area contributed by atoms with Gasteiger partial charge in [-0.15, -0.1) is 15.0 Å². The summed E-state index contributed by atoms with van der Waals surface area (Å²) in [5, 5.41) is 15.1. The van der Waals surface area contributed by atoms with E-state index in [9.17, 15) is 4.79 Å². The van der Waals surface area contributed by atoms with Crippen LogP contribution in [0, 0.1) is 0 Å². The summed E-state index contributed by atoms with van der Waals surface area (Å²) < 4.78 is 5.30. The second kappa shape index (κ2) is 9.17. The molecule has 5 rings (SSSR count). The van der Waals surface area contributed by atoms with Crippen molar-refractivity contribution in [2.75, 3.05) is 12.4 Å². The first-order valence-corrected chi connectivity index (χ1v) is 11.1. The lowest BCUT2D eigenvalue weighted by atomic mass is 10.1. The molecule has 8 heteroatoms. The van der Waals surface area contributed by atoms with Crippen molar-refractivity contribution in [1.82, 2.24) is 15.0 Å². The van der Waals surface area contributed by atoms with Crippen LogP contribution >= 0.6 is 23.2 Å². The number of carbonyl (C=O) groups is 1. The second-order valence-corrected chi connectivity index (χ2v) is 8.37. The summed E-state index contributed by atoms with van der Waals surface area (Å²) in [5.74, 6) is 0.125. The van der Waals surface area contributed by atoms with Gasteiger partial charge in [-0.05, 0) is 47.9 Å². The molecular formula is C26H18Cl2N4O2. The van der Waals surface area contributed by atoms with Gasteiger partial charge in [-0.3, -0.25) is 4.79 Å². The number of halogens is 2. The molecule has 0 aliphatic heterocycles. The SMILES string of the molecule is COc1c(Cl)cc(Cl)cc1C=CC(=O)Nc1ccc2nn(-c3cccc4ccccc34)nc2c1. The lowest BCUT2D eigenvalue weighted by molar-refractivity contribution is -0.111. The largest absolute Gasteiger partial charge is 0.495 e. The molecule has 1 aromatic heterocycles. The van der Waals surface area contributed by atoms with E-state index in [1.54, 1.807) is 35.1 Å². The monoisotopic (exact) mass is 488 g/mol. The highest BCUT2D eigenvalue weighted by atomic mass is 35.5. The van der Waals surface area contributed by atoms with E-state index < -0.39 is 0 Å². The van der Waals surface area contributed by atoms with Crippen LogP contribution in [0.2, 0.25) is 10.0 Å². The Labute approximate surface area is 205 Å². The number of benzene rings is 4. The standard InChI is InChI=1S/C26H18Cl2N4O2/c1-34-26-17(13-18(27)14-21(26)28)9-12-25(33)29-19-10-11-22-23(15-19)31-32(30-22)24-8-4-6-16-5-2-3-7-20(16)24/h2-15H,1H3,(H,29,33). The van der Waals surface area contributed by atoms with Crippen molar-refractivity contribution in [3.05, 3.63) is 94.5 Å². The van der Waals surface area contributed by atoms with Crippen molar-refractivity contribution < 1.29 is 9.53 Å². The lowest BCUT2D eigenvalue weighted by Crippen LogP contribution is -2.07. The molecule has 1 N–H and O–H groups in total. The summed E-state index contributed by atoms with van der Waals surface area (Å²) in [6, 6.07) is 22.7. The molecule has 0 saturated heterocycles. The van der Waals surface area contributed by atoms with Crippen LogP contribution in [-0.4, -0.2) is 28.0 Å². The Morgan fingerprint density at radius 1 is 0.971 bits per heavy atom. The molecule has 0 bridgehead atoms. The summed E-state index contributed by atoms with van der Waals surface area (Å²) in [5.41, 5.74) is 3.47. The summed E-state index contributed by atoms with van der Waals surface area (Å²) >= 11 is 12.2. The average molecular weight is 489 g/mol. The van der Waals surface area contributed by atoms with Crippen molar-refractivity contribution in [2.45, 2.75) is 0 Å². The third-order valence-corrected chi connectivity index (χ3v) is 5.78. The van der Waals surface area contributed by atoms with Crippen molar-refractivity contribution in [2.24, 2.45) is 0 Å². The maximum atomic E-state index is 12.5. The summed E-state index contributed by atoms with van der Waals surface area (Å²) in [6.07, 6.45) is 2.99. The van der Waals surface area contributed by atoms with Gasteiger partial charge in [-0.2, -0.15) is 0 Å². The van der Waals surface area contributed by atoms with Crippen LogP contribution in [0.4, 0.5) is 5.69 Å². The highest BCUT2D eigenvalue weighted by Gasteiger charge is 2.10. The molecule has 0 saturated carbocycles. The summed E-state index contributed by atoms with van der Waals surface area (Å²) in [4.78, 5) is 14.1. The first-order chi connectivity index (χ1) is 16.5. The normalized spacial score (nSPS) is 11.4. The van der Waals surface area contributed by atoms with E-state index in [1.807, 2.05) is 36.4 Å². The van der Waals surface area contributed by atoms with Gasteiger partial charge >= 0.3 is 0 Å². The molecule has 1 heterocycles. The number of nitrogens with one attached hydrogen (secondary N) is 1. The van der Waals surface area contributed by atoms with Crippen LogP contribution in [0.15, 0.2) is 78.9 Å². The molecule has 0 radical (unpaired) electrons. The number of nitrogens with zero attached hydrogens (tertiary/aromatic N) is 3. The van der Waals surface area contributed by atoms with E-state index in [0.717, 1.165) is 22.0 Å². The van der Waals surface area contributed by atoms with E-state index in [0.29, 0.717) is 32.6 Å². The van der Waals surface area contributed by atoms with E-state index in [1.165, 1.54) is 13.2 Å². The molecule has 0 atom stereocenters. The van der Waals surface area contributed by atoms with E-state index in [2.05, 4.69) is 27.6 Å². The fourth-order valence-electron chi connectivity index (χ4n) is 3.75. The molecule has 4 aromatic carbocycles. The topological polar surface area (TPSA) is 69.0 Å². The fourth-order valence-corrected chi connectivity index (χ4v) is 4.34. The first kappa shape index (κ1) is 21.9. The minimum absolute atomic E-state index is 0.320. The molecule has 0 spiro atoms. The van der Waals surface area contributed by atoms with Gasteiger partial charge in [0.2, 0.25) is 5.91 Å². The van der Waals surface area contributed by atoms with Crippen molar-refractivity contribution in [1.29, 1.82) is 0 Å². The maximum Gasteiger partial charge on any atom is 0.248 e. The zero-order valence-electron chi connectivity index (χ0n) is 18.0. The number of amides is 1. The van der Waals surface area contributed by atoms with Gasteiger partial charge in [0.25, 0.3) is 0 Å². The van der Waals surface area contributed by atoms with Crippen LogP contribution in [0.1, 0.15) is 5.56 Å². The molecule has 5 aromatic rings. The first-order valence-electron chi connectivity index (χ1n) is 10.4. The molecule has 0 aliphatic carbocycles. The van der Waals surface area contributed by atoms with Crippen molar-refractivity contribution >= 4 is 62.7 Å². The van der Waals surface area contributed by atoms with Gasteiger partial charge in [0, 0.05) is 27.7 Å².